The van der Waals surface area contributed by atoms with Crippen molar-refractivity contribution in [3.05, 3.63) is 48.6 Å². The molecule has 0 heterocycles. The van der Waals surface area contributed by atoms with Crippen LogP contribution >= 0.6 is 0 Å². The lowest BCUT2D eigenvalue weighted by Gasteiger charge is -2.31. The highest BCUT2D eigenvalue weighted by atomic mass is 15.3. The van der Waals surface area contributed by atoms with Gasteiger partial charge in [-0.25, -0.2) is 0 Å². The molecule has 0 radical (unpaired) electrons. The molecule has 2 heteroatoms. The second-order valence-electron chi connectivity index (χ2n) is 11.1. The van der Waals surface area contributed by atoms with E-state index < -0.39 is 0 Å². The molecular formula is C28H50N2+2. The third-order valence-corrected chi connectivity index (χ3v) is 6.84. The van der Waals surface area contributed by atoms with Crippen LogP contribution in [0.2, 0.25) is 0 Å². The molecule has 170 valence electrons. The molecule has 0 aliphatic heterocycles. The number of quaternary nitrogens is 2. The van der Waals surface area contributed by atoms with Gasteiger partial charge in [0, 0.05) is 11.8 Å². The van der Waals surface area contributed by atoms with Gasteiger partial charge in [0.2, 0.25) is 0 Å². The molecule has 0 saturated heterocycles. The zero-order valence-electron chi connectivity index (χ0n) is 20.6. The molecule has 0 amide bonds. The minimum absolute atomic E-state index is 0.659. The molecule has 0 saturated carbocycles. The van der Waals surface area contributed by atoms with Crippen molar-refractivity contribution in [2.45, 2.75) is 64.2 Å². The van der Waals surface area contributed by atoms with E-state index in [9.17, 15) is 0 Å². The number of unbranched alkanes of at least 4 members (excludes halogenated alkanes) is 9. The number of hydrogen-bond acceptors (Lipinski definition) is 0. The largest absolute Gasteiger partial charge is 0.328 e. The van der Waals surface area contributed by atoms with E-state index in [2.05, 4.69) is 76.8 Å². The van der Waals surface area contributed by atoms with E-state index in [4.69, 9.17) is 0 Å². The van der Waals surface area contributed by atoms with E-state index in [1.807, 2.05) is 0 Å². The molecule has 0 atom stereocenters. The van der Waals surface area contributed by atoms with Crippen LogP contribution in [0.4, 0.5) is 0 Å². The highest BCUT2D eigenvalue weighted by molar-refractivity contribution is 5.17. The van der Waals surface area contributed by atoms with Crippen molar-refractivity contribution in [2.24, 2.45) is 11.8 Å². The predicted molar refractivity (Wildman–Crippen MR) is 133 cm³/mol. The molecule has 0 N–H and O–H groups in total. The maximum absolute atomic E-state index is 2.39. The van der Waals surface area contributed by atoms with Crippen LogP contribution in [0, 0.1) is 11.8 Å². The molecule has 2 aliphatic rings. The Kier molecular flexibility index (Phi) is 11.2. The fraction of sp³-hybridized carbons (Fsp3) is 0.714. The standard InChI is InChI=1S/C28H50N2/c1-29(2,25-27-19-13-14-20-27)23-17-11-9-7-5-6-8-10-12-18-24-30(3,4)26-28-21-15-16-22-28/h13-16,19-22,27-28H,5-12,17-18,23-26H2,1-4H3/q+2. The van der Waals surface area contributed by atoms with Crippen LogP contribution in [0.25, 0.3) is 0 Å². The zero-order valence-corrected chi connectivity index (χ0v) is 20.6. The van der Waals surface area contributed by atoms with Gasteiger partial charge in [-0.3, -0.25) is 0 Å². The molecule has 0 fully saturated rings. The van der Waals surface area contributed by atoms with Crippen molar-refractivity contribution in [2.75, 3.05) is 54.4 Å². The van der Waals surface area contributed by atoms with Crippen LogP contribution in [0.1, 0.15) is 64.2 Å². The number of hydrogen-bond donors (Lipinski definition) is 0. The van der Waals surface area contributed by atoms with Crippen molar-refractivity contribution >= 4 is 0 Å². The Balaban J connectivity index is 1.35. The second-order valence-corrected chi connectivity index (χ2v) is 11.1. The van der Waals surface area contributed by atoms with Gasteiger partial charge in [0.05, 0.1) is 54.4 Å². The van der Waals surface area contributed by atoms with Gasteiger partial charge in [0.25, 0.3) is 0 Å². The van der Waals surface area contributed by atoms with Crippen LogP contribution in [-0.2, 0) is 0 Å². The Morgan fingerprint density at radius 1 is 0.433 bits per heavy atom. The topological polar surface area (TPSA) is 0 Å². The quantitative estimate of drug-likeness (QED) is 0.188. The first-order valence-electron chi connectivity index (χ1n) is 12.7. The molecule has 0 aromatic heterocycles. The molecule has 2 nitrogen and oxygen atoms in total. The maximum Gasteiger partial charge on any atom is 0.0881 e. The number of nitrogens with zero attached hydrogens (tertiary/aromatic N) is 2. The van der Waals surface area contributed by atoms with Crippen LogP contribution in [0.3, 0.4) is 0 Å². The zero-order chi connectivity index (χ0) is 21.7. The smallest absolute Gasteiger partial charge is 0.0881 e. The van der Waals surface area contributed by atoms with Gasteiger partial charge in [0.1, 0.15) is 0 Å². The average molecular weight is 415 g/mol. The third kappa shape index (κ3) is 11.3. The Bertz CT molecular complexity index is 503. The molecule has 2 rings (SSSR count). The highest BCUT2D eigenvalue weighted by Crippen LogP contribution is 2.17. The summed E-state index contributed by atoms with van der Waals surface area (Å²) in [5.41, 5.74) is 0. The highest BCUT2D eigenvalue weighted by Gasteiger charge is 2.20. The monoisotopic (exact) mass is 414 g/mol. The normalized spacial score (nSPS) is 17.1. The minimum atomic E-state index is 0.659. The van der Waals surface area contributed by atoms with Crippen molar-refractivity contribution in [1.82, 2.24) is 0 Å². The second kappa shape index (κ2) is 13.3. The predicted octanol–water partition coefficient (Wildman–Crippen LogP) is 6.52. The van der Waals surface area contributed by atoms with E-state index in [-0.39, 0.29) is 0 Å². The van der Waals surface area contributed by atoms with E-state index in [0.717, 1.165) is 8.97 Å². The van der Waals surface area contributed by atoms with E-state index in [0.29, 0.717) is 11.8 Å². The minimum Gasteiger partial charge on any atom is -0.328 e. The van der Waals surface area contributed by atoms with Crippen molar-refractivity contribution in [3.8, 4) is 0 Å². The first-order chi connectivity index (χ1) is 14.4. The van der Waals surface area contributed by atoms with Crippen molar-refractivity contribution in [1.29, 1.82) is 0 Å². The summed E-state index contributed by atoms with van der Waals surface area (Å²) in [6.45, 7) is 5.14. The van der Waals surface area contributed by atoms with Gasteiger partial charge < -0.3 is 8.97 Å². The van der Waals surface area contributed by atoms with Crippen molar-refractivity contribution < 1.29 is 8.97 Å². The molecular weight excluding hydrogens is 364 g/mol. The fourth-order valence-electron chi connectivity index (χ4n) is 5.02. The molecule has 2 aliphatic carbocycles. The van der Waals surface area contributed by atoms with Gasteiger partial charge in [-0.1, -0.05) is 87.1 Å². The Hall–Kier alpha value is -1.12. The van der Waals surface area contributed by atoms with Crippen LogP contribution in [-0.4, -0.2) is 63.3 Å². The summed E-state index contributed by atoms with van der Waals surface area (Å²) in [5, 5.41) is 0. The lowest BCUT2D eigenvalue weighted by Crippen LogP contribution is -2.43. The van der Waals surface area contributed by atoms with Gasteiger partial charge in [-0.2, -0.15) is 0 Å². The van der Waals surface area contributed by atoms with Gasteiger partial charge in [-0.15, -0.1) is 0 Å². The van der Waals surface area contributed by atoms with E-state index in [1.165, 1.54) is 90.4 Å². The summed E-state index contributed by atoms with van der Waals surface area (Å²) in [5.74, 6) is 1.32. The summed E-state index contributed by atoms with van der Waals surface area (Å²) in [4.78, 5) is 0. The summed E-state index contributed by atoms with van der Waals surface area (Å²) in [7, 11) is 9.57. The molecule has 0 aromatic carbocycles. The van der Waals surface area contributed by atoms with Crippen LogP contribution < -0.4 is 0 Å². The molecule has 0 unspecified atom stereocenters. The first-order valence-corrected chi connectivity index (χ1v) is 12.7. The number of rotatable bonds is 17. The Labute approximate surface area is 188 Å². The summed E-state index contributed by atoms with van der Waals surface area (Å²) in [6.07, 6.45) is 32.3. The summed E-state index contributed by atoms with van der Waals surface area (Å²) >= 11 is 0. The van der Waals surface area contributed by atoms with Gasteiger partial charge in [0.15, 0.2) is 0 Å². The molecule has 0 bridgehead atoms. The van der Waals surface area contributed by atoms with E-state index in [1.54, 1.807) is 0 Å². The van der Waals surface area contributed by atoms with Gasteiger partial charge in [-0.05, 0) is 25.7 Å². The molecule has 0 spiro atoms. The Morgan fingerprint density at radius 3 is 1.00 bits per heavy atom. The summed E-state index contributed by atoms with van der Waals surface area (Å²) < 4.78 is 2.31. The van der Waals surface area contributed by atoms with Crippen LogP contribution in [0.5, 0.6) is 0 Å². The fourth-order valence-corrected chi connectivity index (χ4v) is 5.02. The Morgan fingerprint density at radius 2 is 0.700 bits per heavy atom. The third-order valence-electron chi connectivity index (χ3n) is 6.84. The van der Waals surface area contributed by atoms with E-state index >= 15 is 0 Å². The maximum atomic E-state index is 2.39. The van der Waals surface area contributed by atoms with Crippen molar-refractivity contribution in [3.63, 3.8) is 0 Å². The lowest BCUT2D eigenvalue weighted by molar-refractivity contribution is -0.892. The molecule has 0 aromatic rings. The SMILES string of the molecule is C[N+](C)(CCCCCCCCCCCC[N+](C)(C)CC1C=CC=C1)CC1C=CC=C1. The average Bonchev–Trinajstić information content (AvgIpc) is 3.36. The first kappa shape index (κ1) is 25.1. The van der Waals surface area contributed by atoms with Crippen LogP contribution in [0.15, 0.2) is 48.6 Å². The molecule has 30 heavy (non-hydrogen) atoms. The summed E-state index contributed by atoms with van der Waals surface area (Å²) in [6, 6.07) is 0. The lowest BCUT2D eigenvalue weighted by atomic mass is 10.1. The van der Waals surface area contributed by atoms with Gasteiger partial charge >= 0.3 is 0 Å². The number of allylic oxidation sites excluding steroid dienone is 4.